The Kier molecular flexibility index (Phi) is 3.10. The fourth-order valence-electron chi connectivity index (χ4n) is 1.86. The lowest BCUT2D eigenvalue weighted by molar-refractivity contribution is -0.133. The van der Waals surface area contributed by atoms with Crippen molar-refractivity contribution in [3.05, 3.63) is 23.8 Å². The van der Waals surface area contributed by atoms with Crippen LogP contribution in [0.2, 0.25) is 0 Å². The maximum atomic E-state index is 11.9. The standard InChI is InChI=1S/C12H15N3O3/c1-15-5-4-10(11(15)16)18-12(17)8-3-2-7(13)6-9(8)14/h2-3,6,10H,4-5,13-14H2,1H3. The minimum atomic E-state index is -0.709. The Morgan fingerprint density at radius 3 is 2.72 bits per heavy atom. The summed E-state index contributed by atoms with van der Waals surface area (Å²) in [5.41, 5.74) is 12.2. The van der Waals surface area contributed by atoms with Crippen LogP contribution in [0.4, 0.5) is 11.4 Å². The summed E-state index contributed by atoms with van der Waals surface area (Å²) < 4.78 is 5.15. The molecular formula is C12H15N3O3. The van der Waals surface area contributed by atoms with Gasteiger partial charge in [-0.15, -0.1) is 0 Å². The van der Waals surface area contributed by atoms with Crippen LogP contribution in [0.25, 0.3) is 0 Å². The maximum absolute atomic E-state index is 11.9. The van der Waals surface area contributed by atoms with Crippen molar-refractivity contribution in [2.24, 2.45) is 0 Å². The second-order valence-corrected chi connectivity index (χ2v) is 4.29. The molecule has 1 saturated heterocycles. The van der Waals surface area contributed by atoms with E-state index in [1.807, 2.05) is 0 Å². The SMILES string of the molecule is CN1CCC(OC(=O)c2ccc(N)cc2N)C1=O. The molecular weight excluding hydrogens is 234 g/mol. The normalized spacial score (nSPS) is 19.1. The second kappa shape index (κ2) is 4.56. The molecule has 18 heavy (non-hydrogen) atoms. The summed E-state index contributed by atoms with van der Waals surface area (Å²) in [5.74, 6) is -0.779. The van der Waals surface area contributed by atoms with Crippen LogP contribution in [0.3, 0.4) is 0 Å². The molecule has 1 aromatic carbocycles. The summed E-state index contributed by atoms with van der Waals surface area (Å²) in [6.07, 6.45) is -0.199. The Hall–Kier alpha value is -2.24. The van der Waals surface area contributed by atoms with Crippen LogP contribution >= 0.6 is 0 Å². The number of rotatable bonds is 2. The highest BCUT2D eigenvalue weighted by Crippen LogP contribution is 2.20. The Balaban J connectivity index is 2.11. The molecule has 0 spiro atoms. The molecule has 1 heterocycles. The molecule has 6 nitrogen and oxygen atoms in total. The molecule has 4 N–H and O–H groups in total. The molecule has 1 aliphatic rings. The number of likely N-dealkylation sites (tertiary alicyclic amines) is 1. The summed E-state index contributed by atoms with van der Waals surface area (Å²) >= 11 is 0. The van der Waals surface area contributed by atoms with Gasteiger partial charge in [-0.2, -0.15) is 0 Å². The fraction of sp³-hybridized carbons (Fsp3) is 0.333. The average Bonchev–Trinajstić information content (AvgIpc) is 2.61. The zero-order valence-electron chi connectivity index (χ0n) is 10.1. The van der Waals surface area contributed by atoms with Gasteiger partial charge in [0.15, 0.2) is 6.10 Å². The van der Waals surface area contributed by atoms with Gasteiger partial charge < -0.3 is 21.1 Å². The van der Waals surface area contributed by atoms with Gasteiger partial charge in [0.1, 0.15) is 0 Å². The third-order valence-corrected chi connectivity index (χ3v) is 2.92. The zero-order chi connectivity index (χ0) is 13.3. The molecule has 0 saturated carbocycles. The van der Waals surface area contributed by atoms with Crippen LogP contribution in [0.1, 0.15) is 16.8 Å². The van der Waals surface area contributed by atoms with Crippen molar-refractivity contribution in [1.29, 1.82) is 0 Å². The Bertz CT molecular complexity index is 501. The number of nitrogen functional groups attached to an aromatic ring is 2. The first-order chi connectivity index (χ1) is 8.49. The molecule has 1 atom stereocenters. The highest BCUT2D eigenvalue weighted by molar-refractivity contribution is 5.97. The summed E-state index contributed by atoms with van der Waals surface area (Å²) in [5, 5.41) is 0. The molecule has 96 valence electrons. The number of hydrogen-bond acceptors (Lipinski definition) is 5. The highest BCUT2D eigenvalue weighted by Gasteiger charge is 2.32. The molecule has 0 aromatic heterocycles. The number of likely N-dealkylation sites (N-methyl/N-ethyl adjacent to an activating group) is 1. The summed E-state index contributed by atoms with van der Waals surface area (Å²) in [4.78, 5) is 25.0. The van der Waals surface area contributed by atoms with Crippen LogP contribution in [-0.4, -0.2) is 36.5 Å². The molecule has 6 heteroatoms. The van der Waals surface area contributed by atoms with Crippen LogP contribution in [-0.2, 0) is 9.53 Å². The number of hydrogen-bond donors (Lipinski definition) is 2. The summed E-state index contributed by atoms with van der Waals surface area (Å²) in [6.45, 7) is 0.591. The molecule has 1 fully saturated rings. The van der Waals surface area contributed by atoms with Crippen molar-refractivity contribution in [2.45, 2.75) is 12.5 Å². The van der Waals surface area contributed by atoms with Gasteiger partial charge >= 0.3 is 5.97 Å². The predicted octanol–water partition coefficient (Wildman–Crippen LogP) is 0.238. The molecule has 1 amide bonds. The number of amides is 1. The van der Waals surface area contributed by atoms with Gasteiger partial charge in [-0.25, -0.2) is 4.79 Å². The van der Waals surface area contributed by atoms with Gasteiger partial charge in [-0.05, 0) is 18.2 Å². The number of nitrogens with two attached hydrogens (primary N) is 2. The van der Waals surface area contributed by atoms with E-state index in [2.05, 4.69) is 0 Å². The van der Waals surface area contributed by atoms with Gasteiger partial charge in [-0.3, -0.25) is 4.79 Å². The number of ether oxygens (including phenoxy) is 1. The third kappa shape index (κ3) is 2.22. The number of carbonyl (C=O) groups excluding carboxylic acids is 2. The largest absolute Gasteiger partial charge is 0.449 e. The number of nitrogens with zero attached hydrogens (tertiary/aromatic N) is 1. The van der Waals surface area contributed by atoms with Crippen molar-refractivity contribution < 1.29 is 14.3 Å². The predicted molar refractivity (Wildman–Crippen MR) is 66.7 cm³/mol. The van der Waals surface area contributed by atoms with E-state index in [0.29, 0.717) is 18.7 Å². The van der Waals surface area contributed by atoms with Gasteiger partial charge in [-0.1, -0.05) is 0 Å². The van der Waals surface area contributed by atoms with Crippen molar-refractivity contribution in [3.63, 3.8) is 0 Å². The molecule has 0 aliphatic carbocycles. The first kappa shape index (κ1) is 12.2. The second-order valence-electron chi connectivity index (χ2n) is 4.29. The topological polar surface area (TPSA) is 98.7 Å². The zero-order valence-corrected chi connectivity index (χ0v) is 10.1. The van der Waals surface area contributed by atoms with E-state index in [1.54, 1.807) is 13.1 Å². The minimum Gasteiger partial charge on any atom is -0.449 e. The summed E-state index contributed by atoms with van der Waals surface area (Å²) in [6, 6.07) is 4.55. The third-order valence-electron chi connectivity index (χ3n) is 2.92. The molecule has 2 rings (SSSR count). The molecule has 1 unspecified atom stereocenters. The Morgan fingerprint density at radius 2 is 2.17 bits per heavy atom. The van der Waals surface area contributed by atoms with Crippen molar-refractivity contribution in [1.82, 2.24) is 4.90 Å². The smallest absolute Gasteiger partial charge is 0.341 e. The molecule has 0 bridgehead atoms. The monoisotopic (exact) mass is 249 g/mol. The lowest BCUT2D eigenvalue weighted by Gasteiger charge is -2.12. The van der Waals surface area contributed by atoms with Crippen LogP contribution in [0.5, 0.6) is 0 Å². The first-order valence-corrected chi connectivity index (χ1v) is 5.60. The Labute approximate surface area is 104 Å². The number of benzene rings is 1. The lowest BCUT2D eigenvalue weighted by atomic mass is 10.1. The van der Waals surface area contributed by atoms with Gasteiger partial charge in [0, 0.05) is 31.4 Å². The highest BCUT2D eigenvalue weighted by atomic mass is 16.5. The van der Waals surface area contributed by atoms with Crippen molar-refractivity contribution in [3.8, 4) is 0 Å². The number of carbonyl (C=O) groups is 2. The van der Waals surface area contributed by atoms with E-state index in [0.717, 1.165) is 0 Å². The first-order valence-electron chi connectivity index (χ1n) is 5.60. The van der Waals surface area contributed by atoms with Crippen LogP contribution in [0.15, 0.2) is 18.2 Å². The van der Waals surface area contributed by atoms with E-state index in [9.17, 15) is 9.59 Å². The van der Waals surface area contributed by atoms with E-state index >= 15 is 0 Å². The van der Waals surface area contributed by atoms with Gasteiger partial charge in [0.05, 0.1) is 5.56 Å². The van der Waals surface area contributed by atoms with Gasteiger partial charge in [0.25, 0.3) is 5.91 Å². The number of esters is 1. The number of anilines is 2. The molecule has 1 aromatic rings. The van der Waals surface area contributed by atoms with Crippen molar-refractivity contribution >= 4 is 23.3 Å². The van der Waals surface area contributed by atoms with Crippen LogP contribution < -0.4 is 11.5 Å². The Morgan fingerprint density at radius 1 is 1.44 bits per heavy atom. The van der Waals surface area contributed by atoms with E-state index in [4.69, 9.17) is 16.2 Å². The van der Waals surface area contributed by atoms with E-state index < -0.39 is 12.1 Å². The van der Waals surface area contributed by atoms with E-state index in [-0.39, 0.29) is 17.2 Å². The van der Waals surface area contributed by atoms with Crippen LogP contribution in [0, 0.1) is 0 Å². The maximum Gasteiger partial charge on any atom is 0.341 e. The fourth-order valence-corrected chi connectivity index (χ4v) is 1.86. The van der Waals surface area contributed by atoms with Crippen molar-refractivity contribution in [2.75, 3.05) is 25.1 Å². The molecule has 0 radical (unpaired) electrons. The average molecular weight is 249 g/mol. The lowest BCUT2D eigenvalue weighted by Crippen LogP contribution is -2.29. The van der Waals surface area contributed by atoms with Gasteiger partial charge in [0.2, 0.25) is 0 Å². The summed E-state index contributed by atoms with van der Waals surface area (Å²) in [7, 11) is 1.67. The quantitative estimate of drug-likeness (QED) is 0.577. The molecule has 1 aliphatic heterocycles. The van der Waals surface area contributed by atoms with E-state index in [1.165, 1.54) is 17.0 Å². The minimum absolute atomic E-state index is 0.183.